The van der Waals surface area contributed by atoms with Crippen molar-refractivity contribution in [1.29, 1.82) is 0 Å². The van der Waals surface area contributed by atoms with Gasteiger partial charge in [-0.2, -0.15) is 11.8 Å². The second-order valence-electron chi connectivity index (χ2n) is 32.5. The maximum Gasteiger partial charge on any atom is 0.278 e. The number of aromatic nitrogens is 4. The van der Waals surface area contributed by atoms with Gasteiger partial charge < -0.3 is 93.1 Å². The number of hydrogen-bond acceptors (Lipinski definition) is 29. The van der Waals surface area contributed by atoms with Crippen molar-refractivity contribution in [3.8, 4) is 16.9 Å². The number of amides is 9. The SMILES string of the molecule is C=C1C[C@H]2C(S(=O)(=O)[O-])Cc3cc(OCCCC(=O)Nc4cn(C)c(C(=O)Cc5ccc(-c6cc(C(=O)n7ccc8cc(CC(=O)[C@H](C)NC(=O)[C@H](C)NC(=O)CC[C@H](CC(=O)CN9C(=O)CC(SC)C9=O)C(=O)NCC(=O)CCC(=O)NCC(=O)CCC(=O)NCCOCCOCCOCCOCCOCCOCCOCCOC)ccc87)n(C)c6)cc5)n4)c(C)cc3C(=O)N2C1. The van der Waals surface area contributed by atoms with Gasteiger partial charge in [0.1, 0.15) is 17.5 Å². The van der Waals surface area contributed by atoms with Gasteiger partial charge in [-0.3, -0.25) is 81.4 Å². The number of ether oxygens (including phenoxy) is 9. The number of benzene rings is 3. The molecule has 0 aliphatic carbocycles. The van der Waals surface area contributed by atoms with Gasteiger partial charge in [0.05, 0.1) is 164 Å². The summed E-state index contributed by atoms with van der Waals surface area (Å²) in [4.78, 5) is 205. The van der Waals surface area contributed by atoms with Crippen molar-refractivity contribution < 1.29 is 128 Å². The van der Waals surface area contributed by atoms with E-state index in [1.54, 1.807) is 106 Å². The largest absolute Gasteiger partial charge is 0.748 e. The first-order chi connectivity index (χ1) is 63.7. The first-order valence-electron chi connectivity index (χ1n) is 44.0. The van der Waals surface area contributed by atoms with E-state index in [1.165, 1.54) is 34.1 Å². The van der Waals surface area contributed by atoms with E-state index in [-0.39, 0.29) is 151 Å². The monoisotopic (exact) mass is 1890 g/mol. The van der Waals surface area contributed by atoms with Gasteiger partial charge in [0.2, 0.25) is 53.0 Å². The Balaban J connectivity index is 0.641. The molecule has 6 atom stereocenters. The first kappa shape index (κ1) is 105. The van der Waals surface area contributed by atoms with Crippen LogP contribution >= 0.6 is 11.8 Å². The second kappa shape index (κ2) is 52.9. The molecule has 0 spiro atoms. The summed E-state index contributed by atoms with van der Waals surface area (Å²) < 4.78 is 90.9. The number of carbonyl (C=O) groups is 15. The molecule has 9 rings (SSSR count). The lowest BCUT2D eigenvalue weighted by molar-refractivity contribution is -0.142. The predicted octanol–water partition coefficient (Wildman–Crippen LogP) is 3.62. The highest BCUT2D eigenvalue weighted by Gasteiger charge is 2.44. The van der Waals surface area contributed by atoms with E-state index in [2.05, 4.69) is 43.5 Å². The summed E-state index contributed by atoms with van der Waals surface area (Å²) in [5.41, 5.74) is 5.63. The number of ketones is 5. The van der Waals surface area contributed by atoms with Crippen LogP contribution in [0.4, 0.5) is 5.82 Å². The maximum atomic E-state index is 14.2. The zero-order valence-electron chi connectivity index (χ0n) is 76.0. The highest BCUT2D eigenvalue weighted by molar-refractivity contribution is 8.00. The molecule has 2 fully saturated rings. The van der Waals surface area contributed by atoms with Gasteiger partial charge in [-0.15, -0.1) is 0 Å². The van der Waals surface area contributed by atoms with Crippen molar-refractivity contribution >= 4 is 127 Å². The van der Waals surface area contributed by atoms with Crippen molar-refractivity contribution in [3.63, 3.8) is 0 Å². The van der Waals surface area contributed by atoms with E-state index in [9.17, 15) is 84.9 Å². The predicted molar refractivity (Wildman–Crippen MR) is 484 cm³/mol. The van der Waals surface area contributed by atoms with Crippen molar-refractivity contribution in [3.05, 3.63) is 137 Å². The fourth-order valence-electron chi connectivity index (χ4n) is 15.0. The summed E-state index contributed by atoms with van der Waals surface area (Å²) in [5.74, 6) is -8.61. The summed E-state index contributed by atoms with van der Waals surface area (Å²) in [7, 11) is 0.209. The molecule has 3 aromatic carbocycles. The Labute approximate surface area is 775 Å². The number of hydrogen-bond donors (Lipinski definition) is 6. The van der Waals surface area contributed by atoms with Gasteiger partial charge in [-0.1, -0.05) is 42.5 Å². The minimum atomic E-state index is -4.78. The molecule has 9 amide bonds. The molecular formula is C92H119N12O27S2-. The van der Waals surface area contributed by atoms with Crippen molar-refractivity contribution in [2.24, 2.45) is 20.0 Å². The fraction of sp³-hybridized carbons (Fsp3) is 0.522. The number of rotatable bonds is 61. The normalized spacial score (nSPS) is 15.5. The summed E-state index contributed by atoms with van der Waals surface area (Å²) in [6.07, 6.45) is 4.38. The van der Waals surface area contributed by atoms with Gasteiger partial charge in [0.15, 0.2) is 34.8 Å². The molecule has 0 saturated carbocycles. The Morgan fingerprint density at radius 1 is 0.609 bits per heavy atom. The summed E-state index contributed by atoms with van der Waals surface area (Å²) in [6.45, 7) is 13.5. The van der Waals surface area contributed by atoms with Gasteiger partial charge in [-0.05, 0) is 117 Å². The number of anilines is 1. The number of fused-ring (bicyclic) bond motifs is 3. The van der Waals surface area contributed by atoms with E-state index in [0.29, 0.717) is 142 Å². The standard InChI is InChI=1S/C92H120N12O27S2/c1-58-42-74-80(133(120,121)122)50-67-49-78(59(2)43-72(67)90(117)103(74)54-58)131-26-9-10-84(112)98-81-57-101(6)87(99-81)77(109)45-62-11-14-64(15-12-62)68-48-75(100(5)55-68)91(118)102-25-23-65-44-63(13-19-73(65)102)46-76(108)60(3)97-88(115)61(4)96-85(113)20-16-66(47-71(107)56-104-86(114)51-79(132-8)92(104)119)89(116)95-53-70(106)18-22-83(111)94-52-69(105)17-21-82(110)93-24-27-124-30-31-126-34-35-128-38-39-130-41-40-129-37-36-127-33-32-125-29-28-123-7/h11-15,19,23,25,43-44,48-49,55,57,60-61,66,74,79-80H,1,9-10,16-18,20-22,24,26-42,45-47,50-54,56H2,2-8H3,(H,93,110)(H,94,111)(H,95,116)(H,96,113)(H,97,115)(H,98,112)(H,120,121,122)/p-1/t60-,61-,66+,74-,79?,80?/m0/s1. The third-order valence-electron chi connectivity index (χ3n) is 22.3. The molecule has 6 heterocycles. The minimum absolute atomic E-state index is 0.0160. The van der Waals surface area contributed by atoms with E-state index in [0.717, 1.165) is 27.8 Å². The highest BCUT2D eigenvalue weighted by atomic mass is 32.2. The third kappa shape index (κ3) is 33.0. The summed E-state index contributed by atoms with van der Waals surface area (Å²) >= 11 is 1.14. The number of nitrogens with zero attached hydrogens (tertiary/aromatic N) is 6. The lowest BCUT2D eigenvalue weighted by Gasteiger charge is -2.30. The Bertz CT molecular complexity index is 5260. The van der Waals surface area contributed by atoms with Crippen LogP contribution in [-0.4, -0.2) is 310 Å². The molecule has 2 saturated heterocycles. The molecule has 133 heavy (non-hydrogen) atoms. The topological polar surface area (TPSA) is 503 Å². The van der Waals surface area contributed by atoms with Crippen LogP contribution in [0.1, 0.15) is 138 Å². The average Bonchev–Trinajstić information content (AvgIpc) is 1.61. The molecule has 722 valence electrons. The van der Waals surface area contributed by atoms with Crippen molar-refractivity contribution in [2.45, 2.75) is 139 Å². The van der Waals surface area contributed by atoms with E-state index in [1.807, 2.05) is 12.1 Å². The molecule has 6 aromatic rings. The van der Waals surface area contributed by atoms with Gasteiger partial charge in [-0.25, -0.2) is 13.4 Å². The maximum absolute atomic E-state index is 14.2. The van der Waals surface area contributed by atoms with E-state index in [4.69, 9.17) is 42.6 Å². The highest BCUT2D eigenvalue weighted by Crippen LogP contribution is 2.37. The molecule has 0 bridgehead atoms. The molecule has 3 aliphatic heterocycles. The van der Waals surface area contributed by atoms with E-state index < -0.39 is 136 Å². The number of thioether (sulfide) groups is 1. The number of imide groups is 1. The van der Waals surface area contributed by atoms with Crippen LogP contribution in [0, 0.1) is 12.8 Å². The second-order valence-corrected chi connectivity index (χ2v) is 35.2. The molecular weight excluding hydrogens is 1770 g/mol. The summed E-state index contributed by atoms with van der Waals surface area (Å²) in [6, 6.07) is 16.1. The fourth-order valence-corrected chi connectivity index (χ4v) is 16.6. The number of Topliss-reactive ketones (excluding diaryl/α,β-unsaturated/α-hetero) is 5. The number of aryl methyl sites for hydroxylation is 3. The smallest absolute Gasteiger partial charge is 0.278 e. The number of methoxy groups -OCH3 is 1. The molecule has 3 aliphatic rings. The van der Waals surface area contributed by atoms with Crippen LogP contribution in [0.3, 0.4) is 0 Å². The zero-order chi connectivity index (χ0) is 96.3. The van der Waals surface area contributed by atoms with Crippen LogP contribution in [0.2, 0.25) is 0 Å². The number of carbonyl (C=O) groups excluding carboxylic acids is 15. The quantitative estimate of drug-likeness (QED) is 0.0104. The molecule has 3 aromatic heterocycles. The first-order valence-corrected chi connectivity index (χ1v) is 46.8. The van der Waals surface area contributed by atoms with Crippen LogP contribution < -0.4 is 36.6 Å². The molecule has 2 unspecified atom stereocenters. The Hall–Kier alpha value is -11.4. The lowest BCUT2D eigenvalue weighted by atomic mass is 9.95. The number of imidazole rings is 1. The van der Waals surface area contributed by atoms with Crippen LogP contribution in [0.25, 0.3) is 22.0 Å². The molecule has 41 heteroatoms. The molecule has 6 N–H and O–H groups in total. The number of nitrogens with one attached hydrogen (secondary N) is 6. The average molecular weight is 1890 g/mol. The zero-order valence-corrected chi connectivity index (χ0v) is 77.7. The van der Waals surface area contributed by atoms with Gasteiger partial charge in [0.25, 0.3) is 11.8 Å². The number of likely N-dealkylation sites (tertiary alicyclic amines) is 1. The minimum Gasteiger partial charge on any atom is -0.748 e. The Kier molecular flexibility index (Phi) is 41.9. The molecule has 39 nitrogen and oxygen atoms in total. The van der Waals surface area contributed by atoms with Crippen LogP contribution in [0.5, 0.6) is 5.75 Å². The van der Waals surface area contributed by atoms with Crippen molar-refractivity contribution in [1.82, 2.24) is 55.1 Å². The van der Waals surface area contributed by atoms with Gasteiger partial charge in [0, 0.05) is 140 Å². The van der Waals surface area contributed by atoms with Crippen LogP contribution in [-0.2, 0) is 139 Å². The third-order valence-corrected chi connectivity index (χ3v) is 24.4. The molecule has 0 radical (unpaired) electrons. The Morgan fingerprint density at radius 3 is 1.83 bits per heavy atom. The van der Waals surface area contributed by atoms with E-state index >= 15 is 0 Å². The van der Waals surface area contributed by atoms with Gasteiger partial charge >= 0.3 is 0 Å². The van der Waals surface area contributed by atoms with Crippen molar-refractivity contribution in [2.75, 3.05) is 157 Å². The lowest BCUT2D eigenvalue weighted by Crippen LogP contribution is -2.49. The van der Waals surface area contributed by atoms with Crippen LogP contribution in [0.15, 0.2) is 97.5 Å². The summed E-state index contributed by atoms with van der Waals surface area (Å²) in [5, 5.41) is 14.0. The Morgan fingerprint density at radius 2 is 1.22 bits per heavy atom.